The topological polar surface area (TPSA) is 67.4 Å². The number of benzene rings is 2. The molecule has 0 aliphatic rings. The Morgan fingerprint density at radius 2 is 1.75 bits per heavy atom. The Bertz CT molecular complexity index is 774. The molecule has 24 heavy (non-hydrogen) atoms. The number of anilines is 2. The summed E-state index contributed by atoms with van der Waals surface area (Å²) in [5.74, 6) is -1.50. The van der Waals surface area contributed by atoms with Crippen molar-refractivity contribution in [1.29, 1.82) is 0 Å². The third-order valence-electron chi connectivity index (χ3n) is 2.95. The number of hydrogen-bond donors (Lipinski definition) is 2. The highest BCUT2D eigenvalue weighted by atomic mass is 19.1. The Labute approximate surface area is 136 Å². The lowest BCUT2D eigenvalue weighted by atomic mass is 10.2. The second-order valence-corrected chi connectivity index (χ2v) is 4.69. The highest BCUT2D eigenvalue weighted by molar-refractivity contribution is 6.02. The van der Waals surface area contributed by atoms with Gasteiger partial charge in [0.2, 0.25) is 5.91 Å². The van der Waals surface area contributed by atoms with E-state index in [0.29, 0.717) is 5.56 Å². The van der Waals surface area contributed by atoms with Crippen LogP contribution in [0, 0.1) is 11.6 Å². The molecule has 2 aromatic rings. The fourth-order valence-corrected chi connectivity index (χ4v) is 1.79. The number of nitrogens with one attached hydrogen (secondary N) is 2. The van der Waals surface area contributed by atoms with Crippen molar-refractivity contribution in [2.45, 2.75) is 0 Å². The summed E-state index contributed by atoms with van der Waals surface area (Å²) in [7, 11) is 1.15. The van der Waals surface area contributed by atoms with Crippen LogP contribution in [0.15, 0.2) is 48.5 Å². The van der Waals surface area contributed by atoms with Gasteiger partial charge >= 0.3 is 6.09 Å². The van der Waals surface area contributed by atoms with Crippen LogP contribution in [-0.2, 0) is 9.53 Å². The first-order valence-corrected chi connectivity index (χ1v) is 6.87. The Morgan fingerprint density at radius 1 is 1.04 bits per heavy atom. The number of halogens is 2. The number of carbonyl (C=O) groups excluding carboxylic acids is 2. The SMILES string of the molecule is COC(=O)Nc1cc(NC(=O)C=Cc2ccc(F)cc2)ccc1F. The van der Waals surface area contributed by atoms with Crippen molar-refractivity contribution in [2.75, 3.05) is 17.7 Å². The lowest BCUT2D eigenvalue weighted by Gasteiger charge is -2.08. The molecule has 0 bridgehead atoms. The van der Waals surface area contributed by atoms with Gasteiger partial charge in [-0.05, 0) is 42.0 Å². The third kappa shape index (κ3) is 4.91. The van der Waals surface area contributed by atoms with Gasteiger partial charge in [0.15, 0.2) is 0 Å². The van der Waals surface area contributed by atoms with Crippen molar-refractivity contribution >= 4 is 29.5 Å². The highest BCUT2D eigenvalue weighted by Gasteiger charge is 2.08. The summed E-state index contributed by atoms with van der Waals surface area (Å²) in [5, 5.41) is 4.72. The molecule has 2 aromatic carbocycles. The molecule has 5 nitrogen and oxygen atoms in total. The maximum Gasteiger partial charge on any atom is 0.411 e. The fourth-order valence-electron chi connectivity index (χ4n) is 1.79. The summed E-state index contributed by atoms with van der Waals surface area (Å²) < 4.78 is 30.7. The van der Waals surface area contributed by atoms with Crippen LogP contribution in [0.5, 0.6) is 0 Å². The second kappa shape index (κ2) is 7.87. The van der Waals surface area contributed by atoms with E-state index >= 15 is 0 Å². The molecule has 7 heteroatoms. The normalized spacial score (nSPS) is 10.5. The predicted octanol–water partition coefficient (Wildman–Crippen LogP) is 3.80. The van der Waals surface area contributed by atoms with Crippen LogP contribution in [-0.4, -0.2) is 19.1 Å². The van der Waals surface area contributed by atoms with Crippen LogP contribution in [0.25, 0.3) is 6.08 Å². The van der Waals surface area contributed by atoms with E-state index in [0.717, 1.165) is 13.2 Å². The smallest absolute Gasteiger partial charge is 0.411 e. The van der Waals surface area contributed by atoms with Crippen molar-refractivity contribution in [3.63, 3.8) is 0 Å². The summed E-state index contributed by atoms with van der Waals surface area (Å²) in [6.07, 6.45) is 1.93. The van der Waals surface area contributed by atoms with Crippen LogP contribution < -0.4 is 10.6 Å². The average molecular weight is 332 g/mol. The first-order chi connectivity index (χ1) is 11.5. The summed E-state index contributed by atoms with van der Waals surface area (Å²) in [5.41, 5.74) is 0.817. The standard InChI is InChI=1S/C17H14F2N2O3/c1-24-17(23)21-15-10-13(7-8-14(15)19)20-16(22)9-4-11-2-5-12(18)6-3-11/h2-10H,1H3,(H,20,22)(H,21,23). The first-order valence-electron chi connectivity index (χ1n) is 6.87. The summed E-state index contributed by atoms with van der Waals surface area (Å²) in [6.45, 7) is 0. The van der Waals surface area contributed by atoms with Gasteiger partial charge in [0, 0.05) is 11.8 Å². The molecule has 0 fully saturated rings. The molecular weight excluding hydrogens is 318 g/mol. The maximum absolute atomic E-state index is 13.6. The van der Waals surface area contributed by atoms with Gasteiger partial charge in [-0.1, -0.05) is 12.1 Å². The van der Waals surface area contributed by atoms with E-state index in [1.54, 1.807) is 0 Å². The number of amides is 2. The van der Waals surface area contributed by atoms with Crippen molar-refractivity contribution in [3.05, 3.63) is 65.7 Å². The maximum atomic E-state index is 13.6. The molecule has 2 amide bonds. The molecule has 0 saturated heterocycles. The van der Waals surface area contributed by atoms with Gasteiger partial charge in [0.05, 0.1) is 12.8 Å². The van der Waals surface area contributed by atoms with Gasteiger partial charge in [0.1, 0.15) is 11.6 Å². The van der Waals surface area contributed by atoms with Gasteiger partial charge in [-0.3, -0.25) is 10.1 Å². The fraction of sp³-hybridized carbons (Fsp3) is 0.0588. The average Bonchev–Trinajstić information content (AvgIpc) is 2.57. The minimum atomic E-state index is -0.825. The van der Waals surface area contributed by atoms with E-state index in [4.69, 9.17) is 0 Å². The zero-order valence-corrected chi connectivity index (χ0v) is 12.7. The minimum absolute atomic E-state index is 0.123. The molecule has 0 atom stereocenters. The number of methoxy groups -OCH3 is 1. The largest absolute Gasteiger partial charge is 0.453 e. The number of rotatable bonds is 4. The minimum Gasteiger partial charge on any atom is -0.453 e. The Balaban J connectivity index is 2.04. The lowest BCUT2D eigenvalue weighted by molar-refractivity contribution is -0.111. The van der Waals surface area contributed by atoms with Crippen molar-refractivity contribution in [2.24, 2.45) is 0 Å². The quantitative estimate of drug-likeness (QED) is 0.837. The highest BCUT2D eigenvalue weighted by Crippen LogP contribution is 2.20. The Morgan fingerprint density at radius 3 is 2.42 bits per heavy atom. The number of ether oxygens (including phenoxy) is 1. The summed E-state index contributed by atoms with van der Waals surface area (Å²) in [6, 6.07) is 9.32. The molecule has 0 saturated carbocycles. The molecule has 2 N–H and O–H groups in total. The van der Waals surface area contributed by atoms with Gasteiger partial charge < -0.3 is 10.1 Å². The van der Waals surface area contributed by atoms with Gasteiger partial charge in [-0.25, -0.2) is 13.6 Å². The summed E-state index contributed by atoms with van der Waals surface area (Å²) >= 11 is 0. The van der Waals surface area contributed by atoms with Gasteiger partial charge in [0.25, 0.3) is 0 Å². The lowest BCUT2D eigenvalue weighted by Crippen LogP contribution is -2.13. The Kier molecular flexibility index (Phi) is 5.62. The molecule has 0 spiro atoms. The molecule has 0 radical (unpaired) electrons. The van der Waals surface area contributed by atoms with Crippen LogP contribution in [0.2, 0.25) is 0 Å². The molecule has 0 aliphatic heterocycles. The Hall–Kier alpha value is -3.22. The molecule has 2 rings (SSSR count). The summed E-state index contributed by atoms with van der Waals surface area (Å²) in [4.78, 5) is 23.0. The van der Waals surface area contributed by atoms with E-state index in [9.17, 15) is 18.4 Å². The van der Waals surface area contributed by atoms with E-state index < -0.39 is 17.8 Å². The van der Waals surface area contributed by atoms with Crippen LogP contribution in [0.4, 0.5) is 25.0 Å². The predicted molar refractivity (Wildman–Crippen MR) is 86.5 cm³/mol. The molecule has 124 valence electrons. The van der Waals surface area contributed by atoms with Crippen molar-refractivity contribution in [1.82, 2.24) is 0 Å². The van der Waals surface area contributed by atoms with Crippen molar-refractivity contribution in [3.8, 4) is 0 Å². The van der Waals surface area contributed by atoms with E-state index in [1.165, 1.54) is 48.6 Å². The number of carbonyl (C=O) groups is 2. The van der Waals surface area contributed by atoms with Crippen LogP contribution in [0.1, 0.15) is 5.56 Å². The molecule has 0 aromatic heterocycles. The van der Waals surface area contributed by atoms with E-state index in [-0.39, 0.29) is 17.2 Å². The van der Waals surface area contributed by atoms with E-state index in [1.807, 2.05) is 0 Å². The van der Waals surface area contributed by atoms with Gasteiger partial charge in [-0.15, -0.1) is 0 Å². The third-order valence-corrected chi connectivity index (χ3v) is 2.95. The van der Waals surface area contributed by atoms with E-state index in [2.05, 4.69) is 15.4 Å². The van der Waals surface area contributed by atoms with Crippen LogP contribution in [0.3, 0.4) is 0 Å². The number of hydrogen-bond acceptors (Lipinski definition) is 3. The monoisotopic (exact) mass is 332 g/mol. The molecular formula is C17H14F2N2O3. The van der Waals surface area contributed by atoms with Crippen LogP contribution >= 0.6 is 0 Å². The van der Waals surface area contributed by atoms with Crippen molar-refractivity contribution < 1.29 is 23.1 Å². The molecule has 0 heterocycles. The van der Waals surface area contributed by atoms with Gasteiger partial charge in [-0.2, -0.15) is 0 Å². The molecule has 0 aliphatic carbocycles. The second-order valence-electron chi connectivity index (χ2n) is 4.69. The zero-order valence-electron chi connectivity index (χ0n) is 12.7. The zero-order chi connectivity index (χ0) is 17.5. The molecule has 0 unspecified atom stereocenters. The first kappa shape index (κ1) is 17.1.